The Labute approximate surface area is 142 Å². The van der Waals surface area contributed by atoms with E-state index in [-0.39, 0.29) is 6.09 Å². The molecule has 6 heteroatoms. The van der Waals surface area contributed by atoms with E-state index in [4.69, 9.17) is 9.84 Å². The quantitative estimate of drug-likeness (QED) is 0.885. The molecule has 2 rings (SSSR count). The summed E-state index contributed by atoms with van der Waals surface area (Å²) in [6.45, 7) is 7.67. The number of hydrogen-bond donors (Lipinski definition) is 2. The SMILES string of the molecule is CC(C)(C)OC(=O)N1CCC(NCc2ccc(C(=O)O)cc2)CC1. The summed E-state index contributed by atoms with van der Waals surface area (Å²) in [5.74, 6) is -0.913. The first kappa shape index (κ1) is 18.3. The highest BCUT2D eigenvalue weighted by Gasteiger charge is 2.26. The fourth-order valence-electron chi connectivity index (χ4n) is 2.62. The van der Waals surface area contributed by atoms with Crippen LogP contribution in [0.2, 0.25) is 0 Å². The second kappa shape index (κ2) is 7.66. The zero-order valence-electron chi connectivity index (χ0n) is 14.5. The Hall–Kier alpha value is -2.08. The number of likely N-dealkylation sites (tertiary alicyclic amines) is 1. The van der Waals surface area contributed by atoms with E-state index in [0.29, 0.717) is 31.2 Å². The zero-order valence-corrected chi connectivity index (χ0v) is 14.5. The van der Waals surface area contributed by atoms with Gasteiger partial charge in [0.1, 0.15) is 5.60 Å². The van der Waals surface area contributed by atoms with Crippen molar-refractivity contribution in [3.63, 3.8) is 0 Å². The molecular formula is C18H26N2O4. The fourth-order valence-corrected chi connectivity index (χ4v) is 2.62. The van der Waals surface area contributed by atoms with Crippen LogP contribution < -0.4 is 5.32 Å². The van der Waals surface area contributed by atoms with Crippen molar-refractivity contribution in [1.82, 2.24) is 10.2 Å². The molecule has 0 aliphatic carbocycles. The summed E-state index contributed by atoms with van der Waals surface area (Å²) in [6.07, 6.45) is 1.52. The van der Waals surface area contributed by atoms with Crippen LogP contribution in [0.5, 0.6) is 0 Å². The number of carboxylic acids is 1. The van der Waals surface area contributed by atoms with E-state index >= 15 is 0 Å². The summed E-state index contributed by atoms with van der Waals surface area (Å²) >= 11 is 0. The molecule has 2 N–H and O–H groups in total. The molecule has 1 amide bonds. The maximum absolute atomic E-state index is 12.0. The largest absolute Gasteiger partial charge is 0.478 e. The number of carbonyl (C=O) groups excluding carboxylic acids is 1. The molecular weight excluding hydrogens is 308 g/mol. The molecule has 1 aliphatic heterocycles. The molecule has 0 aromatic heterocycles. The van der Waals surface area contributed by atoms with Gasteiger partial charge in [-0.25, -0.2) is 9.59 Å². The van der Waals surface area contributed by atoms with Gasteiger partial charge in [-0.05, 0) is 51.3 Å². The molecule has 1 aromatic carbocycles. The molecule has 0 atom stereocenters. The van der Waals surface area contributed by atoms with Gasteiger partial charge in [-0.3, -0.25) is 0 Å². The van der Waals surface area contributed by atoms with Crippen LogP contribution in [0, 0.1) is 0 Å². The highest BCUT2D eigenvalue weighted by molar-refractivity contribution is 5.87. The number of aromatic carboxylic acids is 1. The van der Waals surface area contributed by atoms with Gasteiger partial charge in [0.25, 0.3) is 0 Å². The number of rotatable bonds is 4. The van der Waals surface area contributed by atoms with Crippen LogP contribution >= 0.6 is 0 Å². The standard InChI is InChI=1S/C18H26N2O4/c1-18(2,3)24-17(23)20-10-8-15(9-11-20)19-12-13-4-6-14(7-5-13)16(21)22/h4-7,15,19H,8-12H2,1-3H3,(H,21,22). The van der Waals surface area contributed by atoms with E-state index in [1.165, 1.54) is 0 Å². The van der Waals surface area contributed by atoms with Gasteiger partial charge >= 0.3 is 12.1 Å². The minimum absolute atomic E-state index is 0.245. The van der Waals surface area contributed by atoms with E-state index in [9.17, 15) is 9.59 Å². The first-order valence-electron chi connectivity index (χ1n) is 8.28. The lowest BCUT2D eigenvalue weighted by atomic mass is 10.0. The van der Waals surface area contributed by atoms with Gasteiger partial charge in [0.2, 0.25) is 0 Å². The number of nitrogens with zero attached hydrogens (tertiary/aromatic N) is 1. The van der Waals surface area contributed by atoms with Crippen LogP contribution in [0.3, 0.4) is 0 Å². The van der Waals surface area contributed by atoms with Crippen molar-refractivity contribution < 1.29 is 19.4 Å². The maximum Gasteiger partial charge on any atom is 0.410 e. The van der Waals surface area contributed by atoms with E-state index in [0.717, 1.165) is 18.4 Å². The molecule has 6 nitrogen and oxygen atoms in total. The van der Waals surface area contributed by atoms with Gasteiger partial charge in [0.05, 0.1) is 5.56 Å². The molecule has 0 radical (unpaired) electrons. The molecule has 1 fully saturated rings. The number of amides is 1. The van der Waals surface area contributed by atoms with Crippen LogP contribution in [0.25, 0.3) is 0 Å². The van der Waals surface area contributed by atoms with Gasteiger partial charge in [-0.2, -0.15) is 0 Å². The highest BCUT2D eigenvalue weighted by atomic mass is 16.6. The lowest BCUT2D eigenvalue weighted by Crippen LogP contribution is -2.46. The van der Waals surface area contributed by atoms with Crippen molar-refractivity contribution in [1.29, 1.82) is 0 Å². The Morgan fingerprint density at radius 1 is 1.21 bits per heavy atom. The first-order chi connectivity index (χ1) is 11.2. The molecule has 1 aliphatic rings. The van der Waals surface area contributed by atoms with Crippen molar-refractivity contribution in [2.24, 2.45) is 0 Å². The number of ether oxygens (including phenoxy) is 1. The fraction of sp³-hybridized carbons (Fsp3) is 0.556. The summed E-state index contributed by atoms with van der Waals surface area (Å²) in [4.78, 5) is 24.6. The zero-order chi connectivity index (χ0) is 17.7. The van der Waals surface area contributed by atoms with Crippen molar-refractivity contribution in [3.8, 4) is 0 Å². The molecule has 0 spiro atoms. The number of hydrogen-bond acceptors (Lipinski definition) is 4. The smallest absolute Gasteiger partial charge is 0.410 e. The maximum atomic E-state index is 12.0. The van der Waals surface area contributed by atoms with Gasteiger partial charge < -0.3 is 20.1 Å². The summed E-state index contributed by atoms with van der Waals surface area (Å²) in [5.41, 5.74) is 0.882. The van der Waals surface area contributed by atoms with E-state index in [2.05, 4.69) is 5.32 Å². The Kier molecular flexibility index (Phi) is 5.83. The Morgan fingerprint density at radius 2 is 1.79 bits per heavy atom. The predicted octanol–water partition coefficient (Wildman–Crippen LogP) is 2.87. The van der Waals surface area contributed by atoms with Crippen LogP contribution in [0.1, 0.15) is 49.5 Å². The molecule has 132 valence electrons. The number of nitrogens with one attached hydrogen (secondary N) is 1. The second-order valence-electron chi connectivity index (χ2n) is 7.12. The average molecular weight is 334 g/mol. The highest BCUT2D eigenvalue weighted by Crippen LogP contribution is 2.16. The van der Waals surface area contributed by atoms with Gasteiger partial charge in [-0.1, -0.05) is 12.1 Å². The third-order valence-electron chi connectivity index (χ3n) is 3.94. The van der Waals surface area contributed by atoms with Crippen molar-refractivity contribution >= 4 is 12.1 Å². The van der Waals surface area contributed by atoms with Crippen LogP contribution in [0.15, 0.2) is 24.3 Å². The first-order valence-corrected chi connectivity index (χ1v) is 8.28. The monoisotopic (exact) mass is 334 g/mol. The molecule has 0 saturated carbocycles. The van der Waals surface area contributed by atoms with Crippen LogP contribution in [0.4, 0.5) is 4.79 Å². The lowest BCUT2D eigenvalue weighted by Gasteiger charge is -2.33. The number of piperidine rings is 1. The number of benzene rings is 1. The number of carboxylic acid groups (broad SMARTS) is 1. The van der Waals surface area contributed by atoms with E-state index in [1.807, 2.05) is 32.9 Å². The minimum Gasteiger partial charge on any atom is -0.478 e. The van der Waals surface area contributed by atoms with Gasteiger partial charge in [-0.15, -0.1) is 0 Å². The predicted molar refractivity (Wildman–Crippen MR) is 91.1 cm³/mol. The Bertz CT molecular complexity index is 570. The number of carbonyl (C=O) groups is 2. The molecule has 1 heterocycles. The molecule has 1 saturated heterocycles. The van der Waals surface area contributed by atoms with Crippen molar-refractivity contribution in [3.05, 3.63) is 35.4 Å². The Balaban J connectivity index is 1.75. The normalized spacial score (nSPS) is 16.0. The van der Waals surface area contributed by atoms with Gasteiger partial charge in [0.15, 0.2) is 0 Å². The minimum atomic E-state index is -0.913. The van der Waals surface area contributed by atoms with Crippen molar-refractivity contribution in [2.75, 3.05) is 13.1 Å². The topological polar surface area (TPSA) is 78.9 Å². The summed E-state index contributed by atoms with van der Waals surface area (Å²) in [7, 11) is 0. The summed E-state index contributed by atoms with van der Waals surface area (Å²) in [5, 5.41) is 12.4. The van der Waals surface area contributed by atoms with Crippen LogP contribution in [-0.4, -0.2) is 46.8 Å². The molecule has 0 bridgehead atoms. The van der Waals surface area contributed by atoms with Crippen LogP contribution in [-0.2, 0) is 11.3 Å². The van der Waals surface area contributed by atoms with Gasteiger partial charge in [0, 0.05) is 25.7 Å². The van der Waals surface area contributed by atoms with E-state index < -0.39 is 11.6 Å². The van der Waals surface area contributed by atoms with Crippen molar-refractivity contribution in [2.45, 2.75) is 51.8 Å². The second-order valence-corrected chi connectivity index (χ2v) is 7.12. The molecule has 0 unspecified atom stereocenters. The summed E-state index contributed by atoms with van der Waals surface area (Å²) < 4.78 is 5.39. The van der Waals surface area contributed by atoms with E-state index in [1.54, 1.807) is 17.0 Å². The Morgan fingerprint density at radius 3 is 2.29 bits per heavy atom. The lowest BCUT2D eigenvalue weighted by molar-refractivity contribution is 0.0198. The third-order valence-corrected chi connectivity index (χ3v) is 3.94. The molecule has 1 aromatic rings. The molecule has 24 heavy (non-hydrogen) atoms. The summed E-state index contributed by atoms with van der Waals surface area (Å²) in [6, 6.07) is 7.23. The third kappa shape index (κ3) is 5.53. The average Bonchev–Trinajstić information content (AvgIpc) is 2.52.